The predicted octanol–water partition coefficient (Wildman–Crippen LogP) is 1.70. The molecule has 1 amide bonds. The second kappa shape index (κ2) is 9.14. The van der Waals surface area contributed by atoms with Crippen molar-refractivity contribution in [1.82, 2.24) is 5.43 Å². The first-order valence-electron chi connectivity index (χ1n) is 8.26. The van der Waals surface area contributed by atoms with E-state index in [-0.39, 0.29) is 0 Å². The fourth-order valence-electron chi connectivity index (χ4n) is 2.39. The number of methoxy groups -OCH3 is 1. The summed E-state index contributed by atoms with van der Waals surface area (Å²) >= 11 is 0. The molecule has 0 aromatic heterocycles. The Kier molecular flexibility index (Phi) is 6.89. The monoisotopic (exact) mass is 403 g/mol. The zero-order chi connectivity index (χ0) is 20.7. The summed E-state index contributed by atoms with van der Waals surface area (Å²) in [5.74, 6) is -1.04. The molecule has 8 nitrogen and oxygen atoms in total. The fraction of sp³-hybridized carbons (Fsp3) is 0.211. The minimum absolute atomic E-state index is 0.394. The topological polar surface area (TPSA) is 105 Å². The molecular formula is C19H21N3O5S. The van der Waals surface area contributed by atoms with Crippen LogP contribution in [0.5, 0.6) is 0 Å². The summed E-state index contributed by atoms with van der Waals surface area (Å²) in [6.45, 7) is 1.36. The van der Waals surface area contributed by atoms with Gasteiger partial charge < -0.3 is 4.74 Å². The Bertz CT molecular complexity index is 985. The summed E-state index contributed by atoms with van der Waals surface area (Å²) in [5.41, 5.74) is 4.51. The highest BCUT2D eigenvalue weighted by molar-refractivity contribution is 7.92. The van der Waals surface area contributed by atoms with Gasteiger partial charge in [0.15, 0.2) is 0 Å². The van der Waals surface area contributed by atoms with Crippen LogP contribution in [0.3, 0.4) is 0 Å². The van der Waals surface area contributed by atoms with Crippen molar-refractivity contribution in [1.29, 1.82) is 0 Å². The molecule has 0 atom stereocenters. The Morgan fingerprint density at radius 2 is 1.79 bits per heavy atom. The summed E-state index contributed by atoms with van der Waals surface area (Å²) in [5, 5.41) is 3.83. The second-order valence-electron chi connectivity index (χ2n) is 5.96. The number of benzene rings is 2. The average molecular weight is 403 g/mol. The minimum Gasteiger partial charge on any atom is -0.465 e. The van der Waals surface area contributed by atoms with E-state index in [4.69, 9.17) is 0 Å². The summed E-state index contributed by atoms with van der Waals surface area (Å²) in [4.78, 5) is 23.6. The highest BCUT2D eigenvalue weighted by Crippen LogP contribution is 2.21. The summed E-state index contributed by atoms with van der Waals surface area (Å²) < 4.78 is 29.8. The van der Waals surface area contributed by atoms with E-state index in [0.29, 0.717) is 16.8 Å². The molecule has 2 rings (SSSR count). The first kappa shape index (κ1) is 21.1. The molecule has 0 aliphatic carbocycles. The molecular weight excluding hydrogens is 382 g/mol. The van der Waals surface area contributed by atoms with Gasteiger partial charge in [-0.15, -0.1) is 0 Å². The van der Waals surface area contributed by atoms with Crippen LogP contribution in [0.25, 0.3) is 0 Å². The number of para-hydroxylation sites is 1. The van der Waals surface area contributed by atoms with E-state index >= 15 is 0 Å². The molecule has 0 spiro atoms. The molecule has 1 N–H and O–H groups in total. The summed E-state index contributed by atoms with van der Waals surface area (Å²) in [6, 6.07) is 13.3. The number of nitrogens with one attached hydrogen (secondary N) is 1. The average Bonchev–Trinajstić information content (AvgIpc) is 2.66. The third kappa shape index (κ3) is 5.65. The molecule has 0 fully saturated rings. The zero-order valence-corrected chi connectivity index (χ0v) is 16.6. The van der Waals surface area contributed by atoms with Crippen LogP contribution in [0.2, 0.25) is 0 Å². The highest BCUT2D eigenvalue weighted by Gasteiger charge is 2.21. The van der Waals surface area contributed by atoms with Crippen molar-refractivity contribution in [2.75, 3.05) is 24.2 Å². The number of hydrogen-bond donors (Lipinski definition) is 1. The van der Waals surface area contributed by atoms with Gasteiger partial charge in [0.2, 0.25) is 10.0 Å². The molecule has 0 radical (unpaired) electrons. The van der Waals surface area contributed by atoms with Gasteiger partial charge in [-0.2, -0.15) is 5.10 Å². The molecule has 0 unspecified atom stereocenters. The standard InChI is InChI=1S/C19H21N3O5S/c1-14-6-4-5-7-17(14)22(28(3,25)26)13-18(23)21-20-12-15-8-10-16(11-9-15)19(24)27-2/h4-12H,13H2,1-3H3,(H,21,23)/b20-12-. The number of rotatable bonds is 7. The molecule has 0 aliphatic heterocycles. The summed E-state index contributed by atoms with van der Waals surface area (Å²) in [6.07, 6.45) is 2.43. The molecule has 0 bridgehead atoms. The first-order valence-corrected chi connectivity index (χ1v) is 10.1. The highest BCUT2D eigenvalue weighted by atomic mass is 32.2. The smallest absolute Gasteiger partial charge is 0.337 e. The molecule has 0 aliphatic rings. The SMILES string of the molecule is COC(=O)c1ccc(/C=N\NC(=O)CN(c2ccccc2C)S(C)(=O)=O)cc1. The molecule has 148 valence electrons. The number of ether oxygens (including phenoxy) is 1. The second-order valence-corrected chi connectivity index (χ2v) is 7.87. The van der Waals surface area contributed by atoms with Gasteiger partial charge in [0.05, 0.1) is 30.8 Å². The largest absolute Gasteiger partial charge is 0.465 e. The quantitative estimate of drug-likeness (QED) is 0.430. The van der Waals surface area contributed by atoms with E-state index in [1.807, 2.05) is 0 Å². The molecule has 2 aromatic carbocycles. The Morgan fingerprint density at radius 3 is 2.36 bits per heavy atom. The van der Waals surface area contributed by atoms with Crippen LogP contribution in [-0.4, -0.2) is 46.4 Å². The number of hydrazone groups is 1. The number of amides is 1. The van der Waals surface area contributed by atoms with E-state index < -0.39 is 28.4 Å². The van der Waals surface area contributed by atoms with Crippen molar-refractivity contribution in [2.24, 2.45) is 5.10 Å². The van der Waals surface area contributed by atoms with Crippen LogP contribution in [0.15, 0.2) is 53.6 Å². The number of anilines is 1. The van der Waals surface area contributed by atoms with Gasteiger partial charge in [-0.05, 0) is 36.2 Å². The van der Waals surface area contributed by atoms with Gasteiger partial charge in [0, 0.05) is 0 Å². The van der Waals surface area contributed by atoms with Gasteiger partial charge >= 0.3 is 5.97 Å². The van der Waals surface area contributed by atoms with Crippen LogP contribution in [0, 0.1) is 6.92 Å². The number of nitrogens with zero attached hydrogens (tertiary/aromatic N) is 2. The Labute approximate surface area is 163 Å². The fourth-order valence-corrected chi connectivity index (χ4v) is 3.31. The van der Waals surface area contributed by atoms with Crippen LogP contribution in [-0.2, 0) is 19.6 Å². The maximum absolute atomic E-state index is 12.2. The first-order chi connectivity index (χ1) is 13.2. The molecule has 9 heteroatoms. The van der Waals surface area contributed by atoms with Crippen LogP contribution >= 0.6 is 0 Å². The number of carbonyl (C=O) groups is 2. The van der Waals surface area contributed by atoms with Crippen molar-refractivity contribution in [3.05, 3.63) is 65.2 Å². The Hall–Kier alpha value is -3.20. The number of esters is 1. The van der Waals surface area contributed by atoms with E-state index in [0.717, 1.165) is 16.1 Å². The number of aryl methyl sites for hydroxylation is 1. The van der Waals surface area contributed by atoms with Gasteiger partial charge in [0.1, 0.15) is 6.54 Å². The normalized spacial score (nSPS) is 11.2. The number of hydrogen-bond acceptors (Lipinski definition) is 6. The van der Waals surface area contributed by atoms with Crippen molar-refractivity contribution < 1.29 is 22.7 Å². The van der Waals surface area contributed by atoms with Crippen LogP contribution in [0.1, 0.15) is 21.5 Å². The minimum atomic E-state index is -3.65. The van der Waals surface area contributed by atoms with Crippen molar-refractivity contribution in [3.63, 3.8) is 0 Å². The van der Waals surface area contributed by atoms with Crippen molar-refractivity contribution in [3.8, 4) is 0 Å². The maximum atomic E-state index is 12.2. The van der Waals surface area contributed by atoms with E-state index in [9.17, 15) is 18.0 Å². The molecule has 28 heavy (non-hydrogen) atoms. The van der Waals surface area contributed by atoms with E-state index in [1.165, 1.54) is 13.3 Å². The Morgan fingerprint density at radius 1 is 1.14 bits per heavy atom. The number of carbonyl (C=O) groups excluding carboxylic acids is 2. The van der Waals surface area contributed by atoms with Gasteiger partial charge in [-0.3, -0.25) is 9.10 Å². The van der Waals surface area contributed by atoms with E-state index in [1.54, 1.807) is 55.5 Å². The third-order valence-corrected chi connectivity index (χ3v) is 4.93. The lowest BCUT2D eigenvalue weighted by atomic mass is 10.1. The van der Waals surface area contributed by atoms with Gasteiger partial charge in [-0.1, -0.05) is 30.3 Å². The van der Waals surface area contributed by atoms with Gasteiger partial charge in [-0.25, -0.2) is 18.6 Å². The zero-order valence-electron chi connectivity index (χ0n) is 15.7. The molecule has 0 saturated carbocycles. The molecule has 0 saturated heterocycles. The van der Waals surface area contributed by atoms with Crippen LogP contribution < -0.4 is 9.73 Å². The lowest BCUT2D eigenvalue weighted by Crippen LogP contribution is -2.39. The number of sulfonamides is 1. The third-order valence-electron chi connectivity index (χ3n) is 3.81. The lowest BCUT2D eigenvalue weighted by molar-refractivity contribution is -0.119. The summed E-state index contributed by atoms with van der Waals surface area (Å²) in [7, 11) is -2.36. The van der Waals surface area contributed by atoms with Crippen molar-refractivity contribution in [2.45, 2.75) is 6.92 Å². The van der Waals surface area contributed by atoms with Crippen molar-refractivity contribution >= 4 is 33.8 Å². The molecule has 2 aromatic rings. The Balaban J connectivity index is 2.04. The lowest BCUT2D eigenvalue weighted by Gasteiger charge is -2.23. The van der Waals surface area contributed by atoms with Crippen LogP contribution in [0.4, 0.5) is 5.69 Å². The maximum Gasteiger partial charge on any atom is 0.337 e. The van der Waals surface area contributed by atoms with Gasteiger partial charge in [0.25, 0.3) is 5.91 Å². The molecule has 0 heterocycles. The van der Waals surface area contributed by atoms with E-state index in [2.05, 4.69) is 15.3 Å². The predicted molar refractivity (Wildman–Crippen MR) is 107 cm³/mol.